The summed E-state index contributed by atoms with van der Waals surface area (Å²) in [5, 5.41) is 5.68. The van der Waals surface area contributed by atoms with Crippen molar-refractivity contribution in [3.63, 3.8) is 0 Å². The molecule has 0 aliphatic heterocycles. The van der Waals surface area contributed by atoms with Crippen LogP contribution in [0.5, 0.6) is 0 Å². The second-order valence-corrected chi connectivity index (χ2v) is 6.78. The van der Waals surface area contributed by atoms with E-state index < -0.39 is 0 Å². The molecule has 0 unspecified atom stereocenters. The van der Waals surface area contributed by atoms with E-state index in [-0.39, 0.29) is 0 Å². The van der Waals surface area contributed by atoms with Gasteiger partial charge in [0, 0.05) is 36.7 Å². The van der Waals surface area contributed by atoms with Crippen molar-refractivity contribution < 1.29 is 0 Å². The van der Waals surface area contributed by atoms with E-state index in [2.05, 4.69) is 47.2 Å². The van der Waals surface area contributed by atoms with E-state index in [0.717, 1.165) is 48.4 Å². The van der Waals surface area contributed by atoms with Crippen molar-refractivity contribution in [1.29, 1.82) is 0 Å². The Labute approximate surface area is 158 Å². The Hall–Kier alpha value is -2.80. The van der Waals surface area contributed by atoms with Crippen LogP contribution >= 0.6 is 0 Å². The Kier molecular flexibility index (Phi) is 4.61. The lowest BCUT2D eigenvalue weighted by atomic mass is 10.2. The van der Waals surface area contributed by atoms with Gasteiger partial charge in [-0.05, 0) is 44.6 Å². The molecule has 140 valence electrons. The number of fused-ring (bicyclic) bond motifs is 3. The third kappa shape index (κ3) is 2.98. The van der Waals surface area contributed by atoms with Gasteiger partial charge in [-0.2, -0.15) is 0 Å². The average molecular weight is 363 g/mol. The fraction of sp³-hybridized carbons (Fsp3) is 0.400. The summed E-state index contributed by atoms with van der Waals surface area (Å²) >= 11 is 0. The van der Waals surface area contributed by atoms with Crippen LogP contribution < -0.4 is 0 Å². The molecule has 0 saturated heterocycles. The molecule has 7 nitrogen and oxygen atoms in total. The molecular formula is C20H25N7. The molecule has 0 amide bonds. The Morgan fingerprint density at radius 1 is 1.11 bits per heavy atom. The zero-order valence-corrected chi connectivity index (χ0v) is 16.3. The van der Waals surface area contributed by atoms with Crippen molar-refractivity contribution >= 4 is 16.7 Å². The topological polar surface area (TPSA) is 64.1 Å². The number of aryl methyl sites for hydroxylation is 1. The quantitative estimate of drug-likeness (QED) is 0.527. The van der Waals surface area contributed by atoms with Crippen molar-refractivity contribution in [2.45, 2.75) is 34.2 Å². The average Bonchev–Trinajstić information content (AvgIpc) is 3.24. The van der Waals surface area contributed by atoms with E-state index in [1.165, 1.54) is 11.3 Å². The van der Waals surface area contributed by atoms with Crippen LogP contribution in [0.15, 0.2) is 30.9 Å². The number of hydrogen-bond donors (Lipinski definition) is 0. The van der Waals surface area contributed by atoms with Crippen molar-refractivity contribution in [1.82, 2.24) is 34.0 Å². The molecule has 0 atom stereocenters. The first-order valence-corrected chi connectivity index (χ1v) is 9.47. The van der Waals surface area contributed by atoms with Gasteiger partial charge in [-0.25, -0.2) is 14.5 Å². The summed E-state index contributed by atoms with van der Waals surface area (Å²) in [5.41, 5.74) is 5.19. The van der Waals surface area contributed by atoms with E-state index in [9.17, 15) is 0 Å². The lowest BCUT2D eigenvalue weighted by Gasteiger charge is -2.19. The molecule has 0 N–H and O–H groups in total. The summed E-state index contributed by atoms with van der Waals surface area (Å²) in [6.07, 6.45) is 5.30. The van der Waals surface area contributed by atoms with Crippen LogP contribution in [-0.4, -0.2) is 53.7 Å². The van der Waals surface area contributed by atoms with E-state index in [1.54, 1.807) is 23.2 Å². The molecule has 0 radical (unpaired) electrons. The molecule has 0 aliphatic carbocycles. The maximum absolute atomic E-state index is 4.80. The monoisotopic (exact) mass is 363 g/mol. The van der Waals surface area contributed by atoms with E-state index in [0.29, 0.717) is 5.82 Å². The van der Waals surface area contributed by atoms with Gasteiger partial charge in [0.25, 0.3) is 0 Å². The number of nitrogens with zero attached hydrogens (tertiary/aromatic N) is 7. The van der Waals surface area contributed by atoms with Gasteiger partial charge in [-0.1, -0.05) is 13.8 Å². The highest BCUT2D eigenvalue weighted by Gasteiger charge is 2.18. The third-order valence-corrected chi connectivity index (χ3v) is 5.40. The molecule has 7 heteroatoms. The smallest absolute Gasteiger partial charge is 0.183 e. The fourth-order valence-electron chi connectivity index (χ4n) is 3.60. The second kappa shape index (κ2) is 7.08. The van der Waals surface area contributed by atoms with Gasteiger partial charge < -0.3 is 9.47 Å². The maximum Gasteiger partial charge on any atom is 0.183 e. The summed E-state index contributed by atoms with van der Waals surface area (Å²) in [6.45, 7) is 12.8. The fourth-order valence-corrected chi connectivity index (χ4v) is 3.60. The summed E-state index contributed by atoms with van der Waals surface area (Å²) in [4.78, 5) is 16.1. The maximum atomic E-state index is 4.80. The number of hydrogen-bond acceptors (Lipinski definition) is 5. The SMILES string of the molecule is CCN(CC)CCn1c(C)c(C)c2c1ncn1nc(-c3cccnc3)nc21. The normalized spacial score (nSPS) is 11.9. The predicted molar refractivity (Wildman–Crippen MR) is 107 cm³/mol. The van der Waals surface area contributed by atoms with Crippen LogP contribution in [0.4, 0.5) is 0 Å². The highest BCUT2D eigenvalue weighted by Crippen LogP contribution is 2.28. The molecule has 4 rings (SSSR count). The van der Waals surface area contributed by atoms with Crippen LogP contribution in [0.3, 0.4) is 0 Å². The molecule has 0 saturated carbocycles. The molecule has 27 heavy (non-hydrogen) atoms. The largest absolute Gasteiger partial charge is 0.328 e. The van der Waals surface area contributed by atoms with Gasteiger partial charge in [-0.15, -0.1) is 5.10 Å². The summed E-state index contributed by atoms with van der Waals surface area (Å²) in [6, 6.07) is 3.87. The van der Waals surface area contributed by atoms with Crippen LogP contribution in [0.1, 0.15) is 25.1 Å². The Balaban J connectivity index is 1.82. The van der Waals surface area contributed by atoms with E-state index in [4.69, 9.17) is 9.97 Å². The first kappa shape index (κ1) is 17.6. The molecule has 4 aromatic rings. The first-order valence-electron chi connectivity index (χ1n) is 9.47. The van der Waals surface area contributed by atoms with Gasteiger partial charge >= 0.3 is 0 Å². The minimum atomic E-state index is 0.672. The summed E-state index contributed by atoms with van der Waals surface area (Å²) < 4.78 is 4.08. The standard InChI is InChI=1S/C20H25N7/c1-5-25(6-2)10-11-26-15(4)14(3)17-19(26)22-13-27-20(17)23-18(24-27)16-8-7-9-21-12-16/h7-9,12-13H,5-6,10-11H2,1-4H3. The minimum absolute atomic E-state index is 0.672. The number of rotatable bonds is 6. The molecule has 0 spiro atoms. The first-order chi connectivity index (χ1) is 13.1. The van der Waals surface area contributed by atoms with Gasteiger partial charge in [-0.3, -0.25) is 4.98 Å². The van der Waals surface area contributed by atoms with Crippen LogP contribution in [-0.2, 0) is 6.54 Å². The highest BCUT2D eigenvalue weighted by molar-refractivity contribution is 5.94. The van der Waals surface area contributed by atoms with Gasteiger partial charge in [0.1, 0.15) is 12.0 Å². The lowest BCUT2D eigenvalue weighted by molar-refractivity contribution is 0.291. The Morgan fingerprint density at radius 2 is 1.93 bits per heavy atom. The number of pyridine rings is 1. The molecular weight excluding hydrogens is 338 g/mol. The summed E-state index contributed by atoms with van der Waals surface area (Å²) in [5.74, 6) is 0.672. The third-order valence-electron chi connectivity index (χ3n) is 5.40. The second-order valence-electron chi connectivity index (χ2n) is 6.78. The van der Waals surface area contributed by atoms with Crippen molar-refractivity contribution in [3.05, 3.63) is 42.1 Å². The van der Waals surface area contributed by atoms with Crippen molar-refractivity contribution in [2.24, 2.45) is 0 Å². The number of aromatic nitrogens is 6. The minimum Gasteiger partial charge on any atom is -0.328 e. The molecule has 0 aliphatic rings. The Morgan fingerprint density at radius 3 is 2.63 bits per heavy atom. The highest BCUT2D eigenvalue weighted by atomic mass is 15.3. The predicted octanol–water partition coefficient (Wildman–Crippen LogP) is 3.10. The Bertz CT molecular complexity index is 1070. The van der Waals surface area contributed by atoms with Gasteiger partial charge in [0.05, 0.1) is 5.39 Å². The summed E-state index contributed by atoms with van der Waals surface area (Å²) in [7, 11) is 0. The van der Waals surface area contributed by atoms with Crippen LogP contribution in [0.25, 0.3) is 28.1 Å². The molecule has 4 aromatic heterocycles. The number of likely N-dealkylation sites (N-methyl/N-ethyl adjacent to an activating group) is 1. The molecule has 4 heterocycles. The van der Waals surface area contributed by atoms with E-state index in [1.807, 2.05) is 12.1 Å². The van der Waals surface area contributed by atoms with Crippen molar-refractivity contribution in [2.75, 3.05) is 19.6 Å². The van der Waals surface area contributed by atoms with Crippen LogP contribution in [0, 0.1) is 13.8 Å². The molecule has 0 aromatic carbocycles. The zero-order chi connectivity index (χ0) is 19.0. The van der Waals surface area contributed by atoms with E-state index >= 15 is 0 Å². The molecule has 0 bridgehead atoms. The lowest BCUT2D eigenvalue weighted by Crippen LogP contribution is -2.27. The van der Waals surface area contributed by atoms with Gasteiger partial charge in [0.15, 0.2) is 11.5 Å². The van der Waals surface area contributed by atoms with Gasteiger partial charge in [0.2, 0.25) is 0 Å². The van der Waals surface area contributed by atoms with Crippen LogP contribution in [0.2, 0.25) is 0 Å². The van der Waals surface area contributed by atoms with Crippen molar-refractivity contribution in [3.8, 4) is 11.4 Å². The zero-order valence-electron chi connectivity index (χ0n) is 16.3. The molecule has 0 fully saturated rings.